The van der Waals surface area contributed by atoms with E-state index in [-0.39, 0.29) is 18.4 Å². The highest BCUT2D eigenvalue weighted by Gasteiger charge is 2.18. The van der Waals surface area contributed by atoms with Crippen molar-refractivity contribution in [3.05, 3.63) is 35.9 Å². The number of carboxylic acids is 1. The third-order valence-electron chi connectivity index (χ3n) is 2.34. The number of rotatable bonds is 5. The smallest absolute Gasteiger partial charge is 0.322 e. The number of nitrogens with one attached hydrogen (secondary N) is 1. The summed E-state index contributed by atoms with van der Waals surface area (Å²) in [5.41, 5.74) is 0.910. The zero-order valence-electron chi connectivity index (χ0n) is 9.14. The van der Waals surface area contributed by atoms with Crippen LogP contribution in [-0.4, -0.2) is 23.5 Å². The van der Waals surface area contributed by atoms with Crippen LogP contribution in [0.4, 0.5) is 0 Å². The molecule has 0 bridgehead atoms. The van der Waals surface area contributed by atoms with Crippen molar-refractivity contribution in [3.8, 4) is 0 Å². The van der Waals surface area contributed by atoms with Gasteiger partial charge in [-0.25, -0.2) is 0 Å². The molecular weight excluding hydrogens is 206 g/mol. The molecule has 0 saturated heterocycles. The van der Waals surface area contributed by atoms with E-state index < -0.39 is 5.97 Å². The molecule has 1 atom stereocenters. The zero-order chi connectivity index (χ0) is 12.0. The van der Waals surface area contributed by atoms with E-state index in [1.807, 2.05) is 37.3 Å². The molecule has 0 radical (unpaired) electrons. The van der Waals surface area contributed by atoms with Gasteiger partial charge in [0.15, 0.2) is 0 Å². The third-order valence-corrected chi connectivity index (χ3v) is 2.34. The Kier molecular flexibility index (Phi) is 4.51. The van der Waals surface area contributed by atoms with E-state index in [0.29, 0.717) is 6.42 Å². The highest BCUT2D eigenvalue weighted by atomic mass is 16.4. The predicted molar refractivity (Wildman–Crippen MR) is 60.1 cm³/mol. The SMILES string of the molecule is CCC(C(=O)NCC(=O)O)c1ccccc1. The first-order valence-electron chi connectivity index (χ1n) is 5.19. The molecular formula is C12H15NO3. The number of benzene rings is 1. The Hall–Kier alpha value is -1.84. The zero-order valence-corrected chi connectivity index (χ0v) is 9.14. The summed E-state index contributed by atoms with van der Waals surface area (Å²) in [5.74, 6) is -1.55. The quantitative estimate of drug-likeness (QED) is 0.789. The third kappa shape index (κ3) is 3.38. The first-order chi connectivity index (χ1) is 7.65. The summed E-state index contributed by atoms with van der Waals surface area (Å²) >= 11 is 0. The van der Waals surface area contributed by atoms with Crippen LogP contribution in [-0.2, 0) is 9.59 Å². The summed E-state index contributed by atoms with van der Waals surface area (Å²) in [5, 5.41) is 10.9. The monoisotopic (exact) mass is 221 g/mol. The van der Waals surface area contributed by atoms with Gasteiger partial charge in [-0.2, -0.15) is 0 Å². The Balaban J connectivity index is 2.68. The number of carboxylic acid groups (broad SMARTS) is 1. The molecule has 0 saturated carbocycles. The van der Waals surface area contributed by atoms with Crippen molar-refractivity contribution in [2.24, 2.45) is 0 Å². The van der Waals surface area contributed by atoms with Crippen LogP contribution in [0.1, 0.15) is 24.8 Å². The minimum absolute atomic E-state index is 0.240. The van der Waals surface area contributed by atoms with E-state index in [9.17, 15) is 9.59 Å². The van der Waals surface area contributed by atoms with Crippen LogP contribution in [0.25, 0.3) is 0 Å². The van der Waals surface area contributed by atoms with Crippen LogP contribution in [0.15, 0.2) is 30.3 Å². The molecule has 1 unspecified atom stereocenters. The van der Waals surface area contributed by atoms with Crippen LogP contribution < -0.4 is 5.32 Å². The fourth-order valence-corrected chi connectivity index (χ4v) is 1.54. The molecule has 0 spiro atoms. The number of aliphatic carboxylic acids is 1. The maximum atomic E-state index is 11.7. The van der Waals surface area contributed by atoms with Gasteiger partial charge >= 0.3 is 5.97 Å². The Morgan fingerprint density at radius 1 is 1.31 bits per heavy atom. The average Bonchev–Trinajstić information content (AvgIpc) is 2.29. The van der Waals surface area contributed by atoms with E-state index in [0.717, 1.165) is 5.56 Å². The fraction of sp³-hybridized carbons (Fsp3) is 0.333. The van der Waals surface area contributed by atoms with E-state index >= 15 is 0 Å². The summed E-state index contributed by atoms with van der Waals surface area (Å²) in [6, 6.07) is 9.35. The molecule has 86 valence electrons. The lowest BCUT2D eigenvalue weighted by Crippen LogP contribution is -2.33. The van der Waals surface area contributed by atoms with Gasteiger partial charge in [-0.15, -0.1) is 0 Å². The Morgan fingerprint density at radius 2 is 1.94 bits per heavy atom. The Labute approximate surface area is 94.3 Å². The molecule has 0 aromatic heterocycles. The van der Waals surface area contributed by atoms with Crippen molar-refractivity contribution in [3.63, 3.8) is 0 Å². The lowest BCUT2D eigenvalue weighted by molar-refractivity contribution is -0.138. The van der Waals surface area contributed by atoms with Crippen LogP contribution in [0.2, 0.25) is 0 Å². The molecule has 0 aliphatic rings. The number of carbonyl (C=O) groups excluding carboxylic acids is 1. The van der Waals surface area contributed by atoms with Gasteiger partial charge < -0.3 is 10.4 Å². The molecule has 0 heterocycles. The van der Waals surface area contributed by atoms with Gasteiger partial charge in [0, 0.05) is 0 Å². The summed E-state index contributed by atoms with van der Waals surface area (Å²) in [7, 11) is 0. The van der Waals surface area contributed by atoms with Crippen LogP contribution in [0.5, 0.6) is 0 Å². The number of hydrogen-bond acceptors (Lipinski definition) is 2. The van der Waals surface area contributed by atoms with Crippen molar-refractivity contribution in [1.29, 1.82) is 0 Å². The van der Waals surface area contributed by atoms with Crippen molar-refractivity contribution in [2.75, 3.05) is 6.54 Å². The fourth-order valence-electron chi connectivity index (χ4n) is 1.54. The summed E-state index contributed by atoms with van der Waals surface area (Å²) < 4.78 is 0. The molecule has 1 aromatic carbocycles. The van der Waals surface area contributed by atoms with Gasteiger partial charge in [-0.3, -0.25) is 9.59 Å². The molecule has 1 amide bonds. The summed E-state index contributed by atoms with van der Waals surface area (Å²) in [6.07, 6.45) is 0.648. The molecule has 1 rings (SSSR count). The molecule has 4 nitrogen and oxygen atoms in total. The molecule has 0 fully saturated rings. The average molecular weight is 221 g/mol. The minimum Gasteiger partial charge on any atom is -0.480 e. The van der Waals surface area contributed by atoms with E-state index in [1.54, 1.807) is 0 Å². The van der Waals surface area contributed by atoms with Gasteiger partial charge in [-0.05, 0) is 12.0 Å². The lowest BCUT2D eigenvalue weighted by atomic mass is 9.96. The normalized spacial score (nSPS) is 11.8. The van der Waals surface area contributed by atoms with Crippen LogP contribution in [0, 0.1) is 0 Å². The molecule has 1 aromatic rings. The van der Waals surface area contributed by atoms with Crippen molar-refractivity contribution in [2.45, 2.75) is 19.3 Å². The maximum absolute atomic E-state index is 11.7. The first kappa shape index (κ1) is 12.2. The van der Waals surface area contributed by atoms with E-state index in [4.69, 9.17) is 5.11 Å². The molecule has 4 heteroatoms. The van der Waals surface area contributed by atoms with Gasteiger partial charge in [-0.1, -0.05) is 37.3 Å². The van der Waals surface area contributed by atoms with Gasteiger partial charge in [0.2, 0.25) is 5.91 Å². The first-order valence-corrected chi connectivity index (χ1v) is 5.19. The van der Waals surface area contributed by atoms with Gasteiger partial charge in [0.05, 0.1) is 5.92 Å². The molecule has 0 aliphatic carbocycles. The Bertz CT molecular complexity index is 362. The van der Waals surface area contributed by atoms with Crippen molar-refractivity contribution < 1.29 is 14.7 Å². The second kappa shape index (κ2) is 5.90. The standard InChI is InChI=1S/C12H15NO3/c1-2-10(9-6-4-3-5-7-9)12(16)13-8-11(14)15/h3-7,10H,2,8H2,1H3,(H,13,16)(H,14,15). The van der Waals surface area contributed by atoms with Crippen molar-refractivity contribution in [1.82, 2.24) is 5.32 Å². The number of amides is 1. The largest absolute Gasteiger partial charge is 0.480 e. The highest BCUT2D eigenvalue weighted by molar-refractivity contribution is 5.86. The number of carbonyl (C=O) groups is 2. The van der Waals surface area contributed by atoms with E-state index in [1.165, 1.54) is 0 Å². The van der Waals surface area contributed by atoms with Crippen LogP contribution in [0.3, 0.4) is 0 Å². The summed E-state index contributed by atoms with van der Waals surface area (Å²) in [6.45, 7) is 1.57. The predicted octanol–water partition coefficient (Wildman–Crippen LogP) is 1.38. The molecule has 16 heavy (non-hydrogen) atoms. The second-order valence-electron chi connectivity index (χ2n) is 3.48. The van der Waals surface area contributed by atoms with Gasteiger partial charge in [0.1, 0.15) is 6.54 Å². The minimum atomic E-state index is -1.03. The second-order valence-corrected chi connectivity index (χ2v) is 3.48. The Morgan fingerprint density at radius 3 is 2.44 bits per heavy atom. The molecule has 0 aliphatic heterocycles. The van der Waals surface area contributed by atoms with Crippen LogP contribution >= 0.6 is 0 Å². The number of hydrogen-bond donors (Lipinski definition) is 2. The summed E-state index contributed by atoms with van der Waals surface area (Å²) in [4.78, 5) is 22.0. The molecule has 2 N–H and O–H groups in total. The lowest BCUT2D eigenvalue weighted by Gasteiger charge is -2.14. The topological polar surface area (TPSA) is 66.4 Å². The maximum Gasteiger partial charge on any atom is 0.322 e. The van der Waals surface area contributed by atoms with Gasteiger partial charge in [0.25, 0.3) is 0 Å². The van der Waals surface area contributed by atoms with E-state index in [2.05, 4.69) is 5.32 Å². The van der Waals surface area contributed by atoms with Crippen molar-refractivity contribution >= 4 is 11.9 Å². The highest BCUT2D eigenvalue weighted by Crippen LogP contribution is 2.18.